The van der Waals surface area contributed by atoms with Gasteiger partial charge in [-0.3, -0.25) is 9.36 Å². The minimum atomic E-state index is -0.114. The fourth-order valence-corrected chi connectivity index (χ4v) is 4.32. The van der Waals surface area contributed by atoms with E-state index in [1.54, 1.807) is 6.20 Å². The Morgan fingerprint density at radius 3 is 2.69 bits per heavy atom. The summed E-state index contributed by atoms with van der Waals surface area (Å²) in [6.45, 7) is 6.63. The minimum Gasteiger partial charge on any atom is -0.383 e. The number of nitrogen functional groups attached to an aromatic ring is 1. The number of anilines is 1. The summed E-state index contributed by atoms with van der Waals surface area (Å²) in [4.78, 5) is 26.4. The van der Waals surface area contributed by atoms with Crippen molar-refractivity contribution in [2.24, 2.45) is 5.92 Å². The van der Waals surface area contributed by atoms with Crippen LogP contribution in [0.1, 0.15) is 31.4 Å². The maximum Gasteiger partial charge on any atom is 0.227 e. The fraction of sp³-hybridized carbons (Fsp3) is 0.214. The van der Waals surface area contributed by atoms with E-state index in [0.29, 0.717) is 18.2 Å². The number of amides is 1. The summed E-state index contributed by atoms with van der Waals surface area (Å²) < 4.78 is 1.99. The Hall–Kier alpha value is -4.26. The van der Waals surface area contributed by atoms with E-state index in [4.69, 9.17) is 10.7 Å². The van der Waals surface area contributed by atoms with E-state index in [0.717, 1.165) is 40.0 Å². The lowest BCUT2D eigenvalue weighted by atomic mass is 9.90. The number of carbonyl (C=O) groups is 1. The molecule has 3 heterocycles. The van der Waals surface area contributed by atoms with Gasteiger partial charge in [0, 0.05) is 24.6 Å². The number of fused-ring (bicyclic) bond motifs is 1. The number of aryl methyl sites for hydroxylation is 1. The van der Waals surface area contributed by atoms with Crippen molar-refractivity contribution in [1.82, 2.24) is 24.8 Å². The van der Waals surface area contributed by atoms with Gasteiger partial charge in [0.2, 0.25) is 5.91 Å². The summed E-state index contributed by atoms with van der Waals surface area (Å²) in [6, 6.07) is 13.8. The number of benzene rings is 1. The molecule has 1 aromatic carbocycles. The van der Waals surface area contributed by atoms with Gasteiger partial charge in [-0.2, -0.15) is 0 Å². The van der Waals surface area contributed by atoms with Gasteiger partial charge < -0.3 is 11.1 Å². The van der Waals surface area contributed by atoms with Gasteiger partial charge in [0.15, 0.2) is 11.5 Å². The molecule has 4 aromatic rings. The van der Waals surface area contributed by atoms with Crippen molar-refractivity contribution in [3.63, 3.8) is 0 Å². The average molecular weight is 465 g/mol. The maximum absolute atomic E-state index is 12.7. The Balaban J connectivity index is 1.41. The highest BCUT2D eigenvalue weighted by Gasteiger charge is 2.20. The minimum absolute atomic E-state index is 0.0479. The third-order valence-electron chi connectivity index (χ3n) is 6.49. The summed E-state index contributed by atoms with van der Waals surface area (Å²) in [5, 5.41) is 3.07. The molecule has 1 aliphatic carbocycles. The third kappa shape index (κ3) is 4.45. The molecule has 0 radical (unpaired) electrons. The molecule has 1 aliphatic rings. The molecule has 5 rings (SSSR count). The number of nitrogens with two attached hydrogens (primary N) is 1. The van der Waals surface area contributed by atoms with Gasteiger partial charge in [-0.05, 0) is 68.7 Å². The van der Waals surface area contributed by atoms with Crippen LogP contribution in [0.3, 0.4) is 0 Å². The van der Waals surface area contributed by atoms with Crippen LogP contribution in [-0.2, 0) is 11.3 Å². The SMILES string of the molecule is CC1=C(C)CC(C(=O)NCc2ccc(-n3c(-c4cccnc4N)nc4cc(C)cnc43)cc2)C=C1. The molecule has 1 amide bonds. The normalized spacial score (nSPS) is 15.6. The molecule has 7 nitrogen and oxygen atoms in total. The van der Waals surface area contributed by atoms with Crippen molar-refractivity contribution in [3.05, 3.63) is 89.3 Å². The lowest BCUT2D eigenvalue weighted by molar-refractivity contribution is -0.123. The molecule has 0 fully saturated rings. The van der Waals surface area contributed by atoms with Crippen molar-refractivity contribution in [2.45, 2.75) is 33.7 Å². The summed E-state index contributed by atoms with van der Waals surface area (Å²) in [7, 11) is 0. The molecule has 0 spiro atoms. The first-order chi connectivity index (χ1) is 16.9. The van der Waals surface area contributed by atoms with Crippen LogP contribution in [0.5, 0.6) is 0 Å². The highest BCUT2D eigenvalue weighted by Crippen LogP contribution is 2.30. The average Bonchev–Trinajstić information content (AvgIpc) is 3.23. The predicted molar refractivity (Wildman–Crippen MR) is 139 cm³/mol. The van der Waals surface area contributed by atoms with E-state index in [9.17, 15) is 4.79 Å². The van der Waals surface area contributed by atoms with Crippen molar-refractivity contribution >= 4 is 22.9 Å². The zero-order chi connectivity index (χ0) is 24.5. The molecule has 0 aliphatic heterocycles. The number of rotatable bonds is 5. The molecule has 3 aromatic heterocycles. The molecule has 0 saturated carbocycles. The van der Waals surface area contributed by atoms with Crippen LogP contribution in [0, 0.1) is 12.8 Å². The smallest absolute Gasteiger partial charge is 0.227 e. The van der Waals surface area contributed by atoms with Gasteiger partial charge in [-0.1, -0.05) is 35.4 Å². The monoisotopic (exact) mass is 464 g/mol. The number of carbonyl (C=O) groups excluding carboxylic acids is 1. The third-order valence-corrected chi connectivity index (χ3v) is 6.49. The molecular weight excluding hydrogens is 436 g/mol. The number of nitrogens with one attached hydrogen (secondary N) is 1. The predicted octanol–water partition coefficient (Wildman–Crippen LogP) is 4.90. The summed E-state index contributed by atoms with van der Waals surface area (Å²) in [5.74, 6) is 1.04. The quantitative estimate of drug-likeness (QED) is 0.438. The van der Waals surface area contributed by atoms with Crippen LogP contribution >= 0.6 is 0 Å². The zero-order valence-electron chi connectivity index (χ0n) is 20.1. The molecule has 0 saturated heterocycles. The second-order valence-corrected chi connectivity index (χ2v) is 9.08. The molecule has 176 valence electrons. The molecule has 1 atom stereocenters. The van der Waals surface area contributed by atoms with Gasteiger partial charge in [0.1, 0.15) is 11.3 Å². The molecule has 0 bridgehead atoms. The van der Waals surface area contributed by atoms with Crippen LogP contribution in [0.15, 0.2) is 78.2 Å². The Bertz CT molecular complexity index is 1480. The number of pyridine rings is 2. The van der Waals surface area contributed by atoms with Crippen molar-refractivity contribution < 1.29 is 4.79 Å². The largest absolute Gasteiger partial charge is 0.383 e. The Morgan fingerprint density at radius 1 is 1.14 bits per heavy atom. The van der Waals surface area contributed by atoms with Crippen LogP contribution < -0.4 is 11.1 Å². The Kier molecular flexibility index (Phi) is 5.91. The highest BCUT2D eigenvalue weighted by molar-refractivity contribution is 5.83. The topological polar surface area (TPSA) is 98.7 Å². The van der Waals surface area contributed by atoms with E-state index in [1.165, 1.54) is 11.1 Å². The molecule has 1 unspecified atom stereocenters. The van der Waals surface area contributed by atoms with E-state index in [2.05, 4.69) is 29.1 Å². The van der Waals surface area contributed by atoms with Crippen molar-refractivity contribution in [1.29, 1.82) is 0 Å². The van der Waals surface area contributed by atoms with Gasteiger partial charge >= 0.3 is 0 Å². The number of imidazole rings is 1. The standard InChI is InChI=1S/C28H28N6O/c1-17-13-24-27(31-15-17)34(26(33-24)23-5-4-12-30-25(23)29)22-10-7-20(8-11-22)16-32-28(35)21-9-6-18(2)19(3)14-21/h4-13,15,21H,14,16H2,1-3H3,(H2,29,30)(H,32,35). The number of nitrogens with zero attached hydrogens (tertiary/aromatic N) is 4. The number of allylic oxidation sites excluding steroid dienone is 3. The first kappa shape index (κ1) is 22.5. The number of hydrogen-bond acceptors (Lipinski definition) is 5. The summed E-state index contributed by atoms with van der Waals surface area (Å²) in [5.41, 5.74) is 13.9. The Morgan fingerprint density at radius 2 is 1.94 bits per heavy atom. The highest BCUT2D eigenvalue weighted by atomic mass is 16.1. The van der Waals surface area contributed by atoms with Gasteiger partial charge in [0.05, 0.1) is 11.5 Å². The zero-order valence-corrected chi connectivity index (χ0v) is 20.1. The summed E-state index contributed by atoms with van der Waals surface area (Å²) >= 11 is 0. The summed E-state index contributed by atoms with van der Waals surface area (Å²) in [6.07, 6.45) is 8.30. The van der Waals surface area contributed by atoms with Crippen LogP contribution in [0.2, 0.25) is 0 Å². The second-order valence-electron chi connectivity index (χ2n) is 9.08. The molecular formula is C28H28N6O. The fourth-order valence-electron chi connectivity index (χ4n) is 4.32. The molecule has 35 heavy (non-hydrogen) atoms. The lowest BCUT2D eigenvalue weighted by Crippen LogP contribution is -2.30. The van der Waals surface area contributed by atoms with Crippen LogP contribution in [-0.4, -0.2) is 25.4 Å². The van der Waals surface area contributed by atoms with E-state index < -0.39 is 0 Å². The number of aromatic nitrogens is 4. The van der Waals surface area contributed by atoms with Crippen molar-refractivity contribution in [3.8, 4) is 17.1 Å². The first-order valence-corrected chi connectivity index (χ1v) is 11.7. The Labute approximate surface area is 204 Å². The lowest BCUT2D eigenvalue weighted by Gasteiger charge is -2.18. The first-order valence-electron chi connectivity index (χ1n) is 11.7. The van der Waals surface area contributed by atoms with E-state index in [1.807, 2.05) is 72.3 Å². The molecule has 3 N–H and O–H groups in total. The van der Waals surface area contributed by atoms with Gasteiger partial charge in [-0.25, -0.2) is 15.0 Å². The van der Waals surface area contributed by atoms with Gasteiger partial charge in [0.25, 0.3) is 0 Å². The molecule has 7 heteroatoms. The van der Waals surface area contributed by atoms with Crippen molar-refractivity contribution in [2.75, 3.05) is 5.73 Å². The van der Waals surface area contributed by atoms with E-state index >= 15 is 0 Å². The van der Waals surface area contributed by atoms with E-state index in [-0.39, 0.29) is 11.8 Å². The van der Waals surface area contributed by atoms with Crippen LogP contribution in [0.4, 0.5) is 5.82 Å². The van der Waals surface area contributed by atoms with Gasteiger partial charge in [-0.15, -0.1) is 0 Å². The number of hydrogen-bond donors (Lipinski definition) is 2. The van der Waals surface area contributed by atoms with Crippen LogP contribution in [0.25, 0.3) is 28.2 Å². The second kappa shape index (κ2) is 9.18. The maximum atomic E-state index is 12.7.